The Morgan fingerprint density at radius 1 is 1.14 bits per heavy atom. The van der Waals surface area contributed by atoms with Gasteiger partial charge < -0.3 is 10.4 Å². The molecule has 0 saturated carbocycles. The summed E-state index contributed by atoms with van der Waals surface area (Å²) in [5.41, 5.74) is 2.02. The Morgan fingerprint density at radius 2 is 1.75 bits per heavy atom. The maximum absolute atomic E-state index is 13.0. The molecule has 0 aliphatic rings. The van der Waals surface area contributed by atoms with Crippen molar-refractivity contribution in [2.45, 2.75) is 24.3 Å². The molecule has 2 rings (SSSR count). The van der Waals surface area contributed by atoms with Crippen LogP contribution in [0.5, 0.6) is 0 Å². The van der Waals surface area contributed by atoms with E-state index in [2.05, 4.69) is 4.98 Å². The normalized spacial score (nSPS) is 13.9. The number of aliphatic hydroxyl groups excluding tert-OH is 1. The number of rotatable bonds is 8. The number of benzene rings is 1. The van der Waals surface area contributed by atoms with Crippen molar-refractivity contribution in [3.63, 3.8) is 0 Å². The molecular weight excluding hydrogens is 397 g/mol. The molecule has 1 amide bonds. The van der Waals surface area contributed by atoms with Gasteiger partial charge in [0, 0.05) is 18.0 Å². The van der Waals surface area contributed by atoms with Crippen LogP contribution in [0.15, 0.2) is 42.6 Å². The lowest BCUT2D eigenvalue weighted by atomic mass is 9.99. The van der Waals surface area contributed by atoms with Crippen LogP contribution in [0, 0.1) is 0 Å². The molecule has 28 heavy (non-hydrogen) atoms. The van der Waals surface area contributed by atoms with Crippen LogP contribution in [-0.4, -0.2) is 49.8 Å². The van der Waals surface area contributed by atoms with E-state index in [0.717, 1.165) is 6.26 Å². The fourth-order valence-electron chi connectivity index (χ4n) is 2.50. The number of sulfone groups is 1. The molecule has 1 heterocycles. The molecule has 1 aromatic carbocycles. The number of halogens is 3. The monoisotopic (exact) mass is 416 g/mol. The molecule has 0 bridgehead atoms. The maximum atomic E-state index is 13.0. The molecule has 0 radical (unpaired) electrons. The highest BCUT2D eigenvalue weighted by atomic mass is 32.2. The van der Waals surface area contributed by atoms with Crippen LogP contribution in [-0.2, 0) is 20.4 Å². The number of pyridine rings is 1. The minimum Gasteiger partial charge on any atom is -0.386 e. The van der Waals surface area contributed by atoms with Gasteiger partial charge in [-0.3, -0.25) is 9.78 Å². The molecule has 2 aromatic rings. The maximum Gasteiger partial charge on any atom is 0.315 e. The number of carbonyl (C=O) groups excluding carboxylic acids is 1. The Morgan fingerprint density at radius 3 is 2.21 bits per heavy atom. The summed E-state index contributed by atoms with van der Waals surface area (Å²) in [6.07, 6.45) is -2.20. The molecule has 0 unspecified atom stereocenters. The SMILES string of the molecule is CS(=O)(=O)Cc1ccc(-c2ccc([C@@H](O)[C@@H](CF)NC(=O)C(F)F)cc2)cn1. The highest BCUT2D eigenvalue weighted by Gasteiger charge is 2.26. The molecule has 0 saturated heterocycles. The first-order valence-electron chi connectivity index (χ1n) is 8.16. The molecule has 0 spiro atoms. The Labute approximate surface area is 160 Å². The third-order valence-corrected chi connectivity index (χ3v) is 4.71. The molecule has 152 valence electrons. The van der Waals surface area contributed by atoms with Gasteiger partial charge in [0.05, 0.1) is 17.5 Å². The molecular formula is C18H19F3N2O4S. The van der Waals surface area contributed by atoms with Gasteiger partial charge in [0.15, 0.2) is 9.84 Å². The second-order valence-electron chi connectivity index (χ2n) is 6.25. The van der Waals surface area contributed by atoms with E-state index in [0.29, 0.717) is 16.8 Å². The first-order chi connectivity index (χ1) is 13.1. The van der Waals surface area contributed by atoms with E-state index < -0.39 is 41.0 Å². The Balaban J connectivity index is 2.12. The number of hydrogen-bond donors (Lipinski definition) is 2. The summed E-state index contributed by atoms with van der Waals surface area (Å²) in [6, 6.07) is 7.93. The number of carbonyl (C=O) groups is 1. The quantitative estimate of drug-likeness (QED) is 0.687. The lowest BCUT2D eigenvalue weighted by Crippen LogP contribution is -2.43. The van der Waals surface area contributed by atoms with Crippen LogP contribution in [0.4, 0.5) is 13.2 Å². The standard InChI is InChI=1S/C18H19F3N2O4S/c1-28(26,27)10-14-7-6-13(9-22-14)11-2-4-12(5-3-11)16(24)15(8-19)23-18(25)17(20)21/h2-7,9,15-17,24H,8,10H2,1H3,(H,23,25)/t15-,16-/m1/s1. The van der Waals surface area contributed by atoms with Gasteiger partial charge >= 0.3 is 6.43 Å². The van der Waals surface area contributed by atoms with Crippen molar-refractivity contribution < 1.29 is 31.5 Å². The van der Waals surface area contributed by atoms with Gasteiger partial charge in [0.1, 0.15) is 12.8 Å². The van der Waals surface area contributed by atoms with Crippen LogP contribution in [0.25, 0.3) is 11.1 Å². The minimum atomic E-state index is -3.30. The van der Waals surface area contributed by atoms with Crippen molar-refractivity contribution in [2.75, 3.05) is 12.9 Å². The van der Waals surface area contributed by atoms with E-state index >= 15 is 0 Å². The van der Waals surface area contributed by atoms with E-state index in [9.17, 15) is 31.5 Å². The van der Waals surface area contributed by atoms with E-state index in [1.54, 1.807) is 29.6 Å². The van der Waals surface area contributed by atoms with Crippen LogP contribution in [0.2, 0.25) is 0 Å². The summed E-state index contributed by atoms with van der Waals surface area (Å²) in [5, 5.41) is 11.9. The highest BCUT2D eigenvalue weighted by Crippen LogP contribution is 2.24. The average molecular weight is 416 g/mol. The lowest BCUT2D eigenvalue weighted by Gasteiger charge is -2.22. The first-order valence-corrected chi connectivity index (χ1v) is 10.2. The van der Waals surface area contributed by atoms with Crippen LogP contribution in [0.1, 0.15) is 17.4 Å². The van der Waals surface area contributed by atoms with Crippen molar-refractivity contribution in [1.82, 2.24) is 10.3 Å². The van der Waals surface area contributed by atoms with Gasteiger partial charge in [-0.05, 0) is 17.2 Å². The largest absolute Gasteiger partial charge is 0.386 e. The number of nitrogens with zero attached hydrogens (tertiary/aromatic N) is 1. The van der Waals surface area contributed by atoms with E-state index in [-0.39, 0.29) is 11.3 Å². The minimum absolute atomic E-state index is 0.173. The molecule has 0 fully saturated rings. The average Bonchev–Trinajstić information content (AvgIpc) is 2.64. The third kappa shape index (κ3) is 6.03. The summed E-state index contributed by atoms with van der Waals surface area (Å²) >= 11 is 0. The van der Waals surface area contributed by atoms with Gasteiger partial charge in [0.2, 0.25) is 0 Å². The van der Waals surface area contributed by atoms with Crippen molar-refractivity contribution in [2.24, 2.45) is 0 Å². The third-order valence-electron chi connectivity index (χ3n) is 3.89. The number of hydrogen-bond acceptors (Lipinski definition) is 5. The molecule has 1 aromatic heterocycles. The predicted octanol–water partition coefficient (Wildman–Crippen LogP) is 2.05. The number of aliphatic hydroxyl groups is 1. The van der Waals surface area contributed by atoms with Crippen LogP contribution >= 0.6 is 0 Å². The van der Waals surface area contributed by atoms with Crippen molar-refractivity contribution in [3.05, 3.63) is 53.9 Å². The van der Waals surface area contributed by atoms with Gasteiger partial charge in [-0.25, -0.2) is 12.8 Å². The zero-order valence-corrected chi connectivity index (χ0v) is 15.7. The summed E-state index contributed by atoms with van der Waals surface area (Å²) in [6.45, 7) is -1.22. The number of aromatic nitrogens is 1. The summed E-state index contributed by atoms with van der Waals surface area (Å²) in [4.78, 5) is 15.1. The second-order valence-corrected chi connectivity index (χ2v) is 8.39. The van der Waals surface area contributed by atoms with Crippen molar-refractivity contribution in [1.29, 1.82) is 0 Å². The van der Waals surface area contributed by atoms with Crippen molar-refractivity contribution >= 4 is 15.7 Å². The second kappa shape index (κ2) is 9.16. The Kier molecular flexibility index (Phi) is 7.14. The molecule has 10 heteroatoms. The van der Waals surface area contributed by atoms with Crippen LogP contribution in [0.3, 0.4) is 0 Å². The smallest absolute Gasteiger partial charge is 0.315 e. The highest BCUT2D eigenvalue weighted by molar-refractivity contribution is 7.89. The first kappa shape index (κ1) is 21.8. The van der Waals surface area contributed by atoms with Crippen molar-refractivity contribution in [3.8, 4) is 11.1 Å². The van der Waals surface area contributed by atoms with E-state index in [1.165, 1.54) is 18.3 Å². The van der Waals surface area contributed by atoms with Gasteiger partial charge in [-0.2, -0.15) is 8.78 Å². The summed E-state index contributed by atoms with van der Waals surface area (Å²) in [7, 11) is -3.19. The predicted molar refractivity (Wildman–Crippen MR) is 97.1 cm³/mol. The fraction of sp³-hybridized carbons (Fsp3) is 0.333. The van der Waals surface area contributed by atoms with Gasteiger partial charge in [0.25, 0.3) is 5.91 Å². The number of alkyl halides is 3. The topological polar surface area (TPSA) is 96.4 Å². The zero-order chi connectivity index (χ0) is 20.9. The summed E-state index contributed by atoms with van der Waals surface area (Å²) in [5.74, 6) is -1.83. The molecule has 0 aliphatic carbocycles. The van der Waals surface area contributed by atoms with Crippen LogP contribution < -0.4 is 5.32 Å². The number of nitrogens with one attached hydrogen (secondary N) is 1. The molecule has 6 nitrogen and oxygen atoms in total. The van der Waals surface area contributed by atoms with Gasteiger partial charge in [-0.15, -0.1) is 0 Å². The summed E-state index contributed by atoms with van der Waals surface area (Å²) < 4.78 is 60.2. The number of amides is 1. The molecule has 2 N–H and O–H groups in total. The van der Waals surface area contributed by atoms with E-state index in [1.807, 2.05) is 0 Å². The lowest BCUT2D eigenvalue weighted by molar-refractivity contribution is -0.133. The Bertz CT molecular complexity index is 903. The zero-order valence-electron chi connectivity index (χ0n) is 14.8. The Hall–Kier alpha value is -2.46. The molecule has 0 aliphatic heterocycles. The molecule has 2 atom stereocenters. The fourth-order valence-corrected chi connectivity index (χ4v) is 3.21. The van der Waals surface area contributed by atoms with Gasteiger partial charge in [-0.1, -0.05) is 30.3 Å². The van der Waals surface area contributed by atoms with E-state index in [4.69, 9.17) is 0 Å².